The molecule has 1 atom stereocenters. The van der Waals surface area contributed by atoms with E-state index < -0.39 is 11.2 Å². The Morgan fingerprint density at radius 2 is 1.63 bits per heavy atom. The highest BCUT2D eigenvalue weighted by molar-refractivity contribution is 9.10. The van der Waals surface area contributed by atoms with E-state index in [-0.39, 0.29) is 29.9 Å². The number of carbonyl (C=O) groups is 3. The van der Waals surface area contributed by atoms with Gasteiger partial charge >= 0.3 is 6.09 Å². The van der Waals surface area contributed by atoms with E-state index in [2.05, 4.69) is 38.7 Å². The first-order valence-electron chi connectivity index (χ1n) is 17.8. The third-order valence-electron chi connectivity index (χ3n) is 9.16. The molecule has 1 saturated carbocycles. The molecule has 0 spiro atoms. The molecule has 3 fully saturated rings. The molecule has 11 heteroatoms. The molecule has 49 heavy (non-hydrogen) atoms. The van der Waals surface area contributed by atoms with Crippen LogP contribution in [-0.4, -0.2) is 95.7 Å². The predicted octanol–water partition coefficient (Wildman–Crippen LogP) is 6.88. The number of nitrogens with zero attached hydrogens (tertiary/aromatic N) is 4. The van der Waals surface area contributed by atoms with E-state index in [0.717, 1.165) is 60.1 Å². The van der Waals surface area contributed by atoms with Crippen LogP contribution in [0.4, 0.5) is 10.5 Å². The largest absolute Gasteiger partial charge is 0.493 e. The quantitative estimate of drug-likeness (QED) is 0.248. The summed E-state index contributed by atoms with van der Waals surface area (Å²) in [5.41, 5.74) is 0.344. The fourth-order valence-corrected chi connectivity index (χ4v) is 6.83. The SMILES string of the molecule is CCCOc1cc(Br)ccc1CN(C(=O)[C@@H]1CCCN(c2cccc(OC(C)(C)C(=O)N3CCN(C(=O)OC(C)(C)C)CC3)c2)C1)C1CC1. The predicted molar refractivity (Wildman–Crippen MR) is 194 cm³/mol. The van der Waals surface area contributed by atoms with Crippen LogP contribution in [0.25, 0.3) is 0 Å². The van der Waals surface area contributed by atoms with Gasteiger partial charge in [-0.05, 0) is 91.0 Å². The molecule has 2 saturated heterocycles. The summed E-state index contributed by atoms with van der Waals surface area (Å²) in [4.78, 5) is 47.9. The minimum atomic E-state index is -1.11. The average Bonchev–Trinajstić information content (AvgIpc) is 3.91. The molecular weight excluding hydrogens is 688 g/mol. The number of rotatable bonds is 11. The first-order valence-corrected chi connectivity index (χ1v) is 18.6. The Hall–Kier alpha value is -3.47. The van der Waals surface area contributed by atoms with Crippen LogP contribution >= 0.6 is 15.9 Å². The van der Waals surface area contributed by atoms with Crippen LogP contribution in [0.15, 0.2) is 46.9 Å². The summed E-state index contributed by atoms with van der Waals surface area (Å²) in [6.45, 7) is 15.5. The second-order valence-corrected chi connectivity index (χ2v) is 15.9. The molecule has 2 aliphatic heterocycles. The standard InChI is InChI=1S/C38H53BrN4O6/c1-7-22-47-33-23-29(39)14-13-27(33)26-43(30-15-16-30)34(44)28-10-9-17-42(25-28)31-11-8-12-32(24-31)48-38(5,6)35(45)40-18-20-41(21-19-40)36(46)49-37(2,3)4/h8,11-14,23-24,28,30H,7,9-10,15-22,25-26H2,1-6H3/t28-/m1/s1. The molecule has 0 bridgehead atoms. The molecule has 3 aliphatic rings. The highest BCUT2D eigenvalue weighted by atomic mass is 79.9. The van der Waals surface area contributed by atoms with Gasteiger partial charge in [-0.3, -0.25) is 9.59 Å². The van der Waals surface area contributed by atoms with E-state index >= 15 is 0 Å². The molecule has 2 heterocycles. The molecule has 268 valence electrons. The number of ether oxygens (including phenoxy) is 3. The molecule has 0 radical (unpaired) electrons. The monoisotopic (exact) mass is 740 g/mol. The Morgan fingerprint density at radius 1 is 0.918 bits per heavy atom. The van der Waals surface area contributed by atoms with Gasteiger partial charge in [-0.1, -0.05) is 35.0 Å². The number of carbonyl (C=O) groups excluding carboxylic acids is 3. The minimum Gasteiger partial charge on any atom is -0.493 e. The van der Waals surface area contributed by atoms with Crippen molar-refractivity contribution >= 4 is 39.5 Å². The first-order chi connectivity index (χ1) is 23.2. The van der Waals surface area contributed by atoms with E-state index in [1.165, 1.54) is 0 Å². The molecule has 2 aromatic carbocycles. The number of anilines is 1. The maximum atomic E-state index is 14.1. The third-order valence-corrected chi connectivity index (χ3v) is 9.66. The topological polar surface area (TPSA) is 91.9 Å². The third kappa shape index (κ3) is 9.83. The maximum Gasteiger partial charge on any atom is 0.410 e. The lowest BCUT2D eigenvalue weighted by Gasteiger charge is -2.39. The van der Waals surface area contributed by atoms with E-state index in [1.807, 2.05) is 57.2 Å². The van der Waals surface area contributed by atoms with Crippen LogP contribution in [0.2, 0.25) is 0 Å². The molecular formula is C38H53BrN4O6. The highest BCUT2D eigenvalue weighted by Gasteiger charge is 2.39. The smallest absolute Gasteiger partial charge is 0.410 e. The summed E-state index contributed by atoms with van der Waals surface area (Å²) < 4.78 is 18.9. The minimum absolute atomic E-state index is 0.105. The number of hydrogen-bond donors (Lipinski definition) is 0. The van der Waals surface area contributed by atoms with Crippen molar-refractivity contribution in [3.05, 3.63) is 52.5 Å². The van der Waals surface area contributed by atoms with Gasteiger partial charge in [0.25, 0.3) is 5.91 Å². The molecule has 10 nitrogen and oxygen atoms in total. The number of piperidine rings is 1. The van der Waals surface area contributed by atoms with Crippen molar-refractivity contribution in [2.24, 2.45) is 5.92 Å². The Kier molecular flexibility index (Phi) is 11.7. The Labute approximate surface area is 300 Å². The van der Waals surface area contributed by atoms with Crippen molar-refractivity contribution in [3.63, 3.8) is 0 Å². The highest BCUT2D eigenvalue weighted by Crippen LogP contribution is 2.35. The van der Waals surface area contributed by atoms with Crippen molar-refractivity contribution in [1.82, 2.24) is 14.7 Å². The number of benzene rings is 2. The Balaban J connectivity index is 1.20. The normalized spacial score (nSPS) is 18.6. The van der Waals surface area contributed by atoms with Gasteiger partial charge in [-0.2, -0.15) is 0 Å². The first kappa shape index (κ1) is 36.8. The zero-order valence-corrected chi connectivity index (χ0v) is 31.6. The van der Waals surface area contributed by atoms with Gasteiger partial charge in [0.2, 0.25) is 5.91 Å². The Bertz CT molecular complexity index is 1480. The van der Waals surface area contributed by atoms with Crippen molar-refractivity contribution in [2.75, 3.05) is 50.8 Å². The van der Waals surface area contributed by atoms with Gasteiger partial charge in [0.1, 0.15) is 17.1 Å². The molecule has 5 rings (SSSR count). The van der Waals surface area contributed by atoms with Crippen LogP contribution in [0, 0.1) is 5.92 Å². The van der Waals surface area contributed by atoms with Gasteiger partial charge in [-0.15, -0.1) is 0 Å². The van der Waals surface area contributed by atoms with E-state index in [4.69, 9.17) is 14.2 Å². The van der Waals surface area contributed by atoms with Gasteiger partial charge < -0.3 is 33.8 Å². The molecule has 3 amide bonds. The van der Waals surface area contributed by atoms with Crippen LogP contribution in [0.1, 0.15) is 79.2 Å². The van der Waals surface area contributed by atoms with E-state index in [9.17, 15) is 14.4 Å². The van der Waals surface area contributed by atoms with Crippen LogP contribution in [-0.2, 0) is 20.9 Å². The lowest BCUT2D eigenvalue weighted by Crippen LogP contribution is -2.57. The summed E-state index contributed by atoms with van der Waals surface area (Å²) in [6.07, 6.45) is 4.42. The molecule has 0 N–H and O–H groups in total. The maximum absolute atomic E-state index is 14.1. The van der Waals surface area contributed by atoms with Crippen molar-refractivity contribution in [2.45, 2.75) is 97.4 Å². The molecule has 2 aromatic rings. The summed E-state index contributed by atoms with van der Waals surface area (Å²) in [7, 11) is 0. The average molecular weight is 742 g/mol. The fraction of sp³-hybridized carbons (Fsp3) is 0.605. The van der Waals surface area contributed by atoms with Gasteiger partial charge in [0.15, 0.2) is 5.60 Å². The number of halogens is 1. The molecule has 0 aromatic heterocycles. The second kappa shape index (κ2) is 15.6. The fourth-order valence-electron chi connectivity index (χ4n) is 6.49. The van der Waals surface area contributed by atoms with Crippen LogP contribution < -0.4 is 14.4 Å². The van der Waals surface area contributed by atoms with Crippen molar-refractivity contribution in [1.29, 1.82) is 0 Å². The summed E-state index contributed by atoms with van der Waals surface area (Å²) in [5, 5.41) is 0. The van der Waals surface area contributed by atoms with E-state index in [0.29, 0.717) is 51.6 Å². The number of piperazine rings is 1. The number of hydrogen-bond acceptors (Lipinski definition) is 7. The lowest BCUT2D eigenvalue weighted by atomic mass is 9.95. The second-order valence-electron chi connectivity index (χ2n) is 15.0. The Morgan fingerprint density at radius 3 is 2.31 bits per heavy atom. The van der Waals surface area contributed by atoms with Crippen molar-refractivity contribution in [3.8, 4) is 11.5 Å². The summed E-state index contributed by atoms with van der Waals surface area (Å²) in [6, 6.07) is 14.2. The van der Waals surface area contributed by atoms with Crippen LogP contribution in [0.3, 0.4) is 0 Å². The zero-order valence-electron chi connectivity index (χ0n) is 30.0. The van der Waals surface area contributed by atoms with Gasteiger partial charge in [-0.25, -0.2) is 4.79 Å². The lowest BCUT2D eigenvalue weighted by molar-refractivity contribution is -0.147. The zero-order chi connectivity index (χ0) is 35.3. The summed E-state index contributed by atoms with van der Waals surface area (Å²) >= 11 is 3.57. The number of amides is 3. The van der Waals surface area contributed by atoms with Crippen LogP contribution in [0.5, 0.6) is 11.5 Å². The van der Waals surface area contributed by atoms with E-state index in [1.54, 1.807) is 23.6 Å². The molecule has 1 aliphatic carbocycles. The van der Waals surface area contributed by atoms with Gasteiger partial charge in [0, 0.05) is 73.6 Å². The van der Waals surface area contributed by atoms with Crippen molar-refractivity contribution < 1.29 is 28.6 Å². The van der Waals surface area contributed by atoms with Gasteiger partial charge in [0.05, 0.1) is 12.5 Å². The molecule has 0 unspecified atom stereocenters. The summed E-state index contributed by atoms with van der Waals surface area (Å²) in [5.74, 6) is 1.42.